The van der Waals surface area contributed by atoms with Gasteiger partial charge in [0.05, 0.1) is 18.8 Å². The largest absolute Gasteiger partial charge is 0.507 e. The van der Waals surface area contributed by atoms with Gasteiger partial charge in [0.2, 0.25) is 5.91 Å². The van der Waals surface area contributed by atoms with Gasteiger partial charge in [-0.05, 0) is 47.3 Å². The van der Waals surface area contributed by atoms with Crippen molar-refractivity contribution in [3.8, 4) is 5.75 Å². The standard InChI is InChI=1S/C24H41NO4/c1-9-24(15-26,16-27)25(10-2)20(28)12-11-17-13-18(22(3,4)5)21(29)19(14-17)23(6,7)8/h13-14,26-27,29H,9-12,15-16H2,1-8H3. The minimum atomic E-state index is -0.923. The summed E-state index contributed by atoms with van der Waals surface area (Å²) in [5.74, 6) is 0.251. The van der Waals surface area contributed by atoms with Gasteiger partial charge in [-0.15, -0.1) is 0 Å². The molecule has 5 nitrogen and oxygen atoms in total. The topological polar surface area (TPSA) is 81.0 Å². The van der Waals surface area contributed by atoms with Crippen LogP contribution in [0.15, 0.2) is 12.1 Å². The number of carbonyl (C=O) groups is 1. The number of amides is 1. The second kappa shape index (κ2) is 9.48. The zero-order valence-electron chi connectivity index (χ0n) is 19.6. The normalized spacial score (nSPS) is 12.9. The van der Waals surface area contributed by atoms with Gasteiger partial charge in [-0.2, -0.15) is 0 Å². The number of rotatable bonds is 8. The van der Waals surface area contributed by atoms with E-state index in [2.05, 4.69) is 41.5 Å². The van der Waals surface area contributed by atoms with Gasteiger partial charge >= 0.3 is 0 Å². The molecule has 1 aromatic rings. The summed E-state index contributed by atoms with van der Waals surface area (Å²) in [5, 5.41) is 30.5. The minimum Gasteiger partial charge on any atom is -0.507 e. The molecule has 0 radical (unpaired) electrons. The average Bonchev–Trinajstić information content (AvgIpc) is 2.63. The average molecular weight is 408 g/mol. The molecular weight excluding hydrogens is 366 g/mol. The number of phenols is 1. The Hall–Kier alpha value is -1.59. The van der Waals surface area contributed by atoms with Gasteiger partial charge in [0.1, 0.15) is 5.75 Å². The molecule has 5 heteroatoms. The first-order chi connectivity index (χ1) is 13.3. The van der Waals surface area contributed by atoms with E-state index in [1.807, 2.05) is 26.0 Å². The predicted octanol–water partition coefficient (Wildman–Crippen LogP) is 3.90. The summed E-state index contributed by atoms with van der Waals surface area (Å²) >= 11 is 0. The van der Waals surface area contributed by atoms with Crippen molar-refractivity contribution >= 4 is 5.91 Å². The monoisotopic (exact) mass is 407 g/mol. The number of aliphatic hydroxyl groups excluding tert-OH is 2. The molecule has 0 heterocycles. The van der Waals surface area contributed by atoms with Crippen LogP contribution in [0.25, 0.3) is 0 Å². The summed E-state index contributed by atoms with van der Waals surface area (Å²) in [6.07, 6.45) is 1.31. The van der Waals surface area contributed by atoms with Crippen molar-refractivity contribution in [2.45, 2.75) is 91.0 Å². The van der Waals surface area contributed by atoms with Crippen molar-refractivity contribution in [2.24, 2.45) is 0 Å². The van der Waals surface area contributed by atoms with Crippen LogP contribution in [0.5, 0.6) is 5.75 Å². The first kappa shape index (κ1) is 25.4. The second-order valence-electron chi connectivity index (χ2n) is 10.1. The zero-order valence-corrected chi connectivity index (χ0v) is 19.6. The van der Waals surface area contributed by atoms with Gasteiger partial charge in [0.15, 0.2) is 0 Å². The molecule has 3 N–H and O–H groups in total. The second-order valence-corrected chi connectivity index (χ2v) is 10.1. The number of carbonyl (C=O) groups excluding carboxylic acids is 1. The van der Waals surface area contributed by atoms with E-state index in [0.717, 1.165) is 16.7 Å². The molecule has 0 aliphatic carbocycles. The lowest BCUT2D eigenvalue weighted by Crippen LogP contribution is -2.56. The molecule has 1 aromatic carbocycles. The number of likely N-dealkylation sites (N-methyl/N-ethyl adjacent to an activating group) is 1. The van der Waals surface area contributed by atoms with E-state index in [-0.39, 0.29) is 36.4 Å². The van der Waals surface area contributed by atoms with Gasteiger partial charge in [0, 0.05) is 13.0 Å². The van der Waals surface area contributed by atoms with E-state index >= 15 is 0 Å². The Morgan fingerprint density at radius 1 is 0.931 bits per heavy atom. The van der Waals surface area contributed by atoms with Gasteiger partial charge in [-0.25, -0.2) is 0 Å². The van der Waals surface area contributed by atoms with Crippen molar-refractivity contribution in [1.29, 1.82) is 0 Å². The number of hydrogen-bond acceptors (Lipinski definition) is 4. The number of aliphatic hydroxyl groups is 2. The van der Waals surface area contributed by atoms with Gasteiger partial charge in [-0.3, -0.25) is 4.79 Å². The van der Waals surface area contributed by atoms with Crippen LogP contribution in [0.2, 0.25) is 0 Å². The lowest BCUT2D eigenvalue weighted by atomic mass is 9.78. The molecule has 1 rings (SSSR count). The van der Waals surface area contributed by atoms with Gasteiger partial charge in [-0.1, -0.05) is 60.6 Å². The van der Waals surface area contributed by atoms with Crippen LogP contribution in [0.1, 0.15) is 84.9 Å². The highest BCUT2D eigenvalue weighted by molar-refractivity contribution is 5.77. The summed E-state index contributed by atoms with van der Waals surface area (Å²) in [4.78, 5) is 14.6. The van der Waals surface area contributed by atoms with Crippen LogP contribution in [0.4, 0.5) is 0 Å². The molecule has 0 saturated heterocycles. The molecule has 0 saturated carbocycles. The molecule has 0 atom stereocenters. The van der Waals surface area contributed by atoms with E-state index in [1.165, 1.54) is 0 Å². The summed E-state index contributed by atoms with van der Waals surface area (Å²) in [7, 11) is 0. The lowest BCUT2D eigenvalue weighted by Gasteiger charge is -2.40. The minimum absolute atomic E-state index is 0.0832. The van der Waals surface area contributed by atoms with Crippen LogP contribution in [-0.4, -0.2) is 51.4 Å². The lowest BCUT2D eigenvalue weighted by molar-refractivity contribution is -0.142. The molecule has 0 aromatic heterocycles. The third kappa shape index (κ3) is 5.73. The van der Waals surface area contributed by atoms with Crippen molar-refractivity contribution in [3.63, 3.8) is 0 Å². The van der Waals surface area contributed by atoms with Crippen LogP contribution >= 0.6 is 0 Å². The number of nitrogens with zero attached hydrogens (tertiary/aromatic N) is 1. The molecule has 29 heavy (non-hydrogen) atoms. The van der Waals surface area contributed by atoms with Crippen molar-refractivity contribution < 1.29 is 20.1 Å². The molecular formula is C24H41NO4. The quantitative estimate of drug-likeness (QED) is 0.610. The van der Waals surface area contributed by atoms with E-state index in [1.54, 1.807) is 4.90 Å². The fraction of sp³-hybridized carbons (Fsp3) is 0.708. The predicted molar refractivity (Wildman–Crippen MR) is 118 cm³/mol. The SMILES string of the molecule is CCN(C(=O)CCc1cc(C(C)(C)C)c(O)c(C(C)(C)C)c1)C(CC)(CO)CO. The molecule has 0 fully saturated rings. The molecule has 0 aliphatic rings. The number of benzene rings is 1. The smallest absolute Gasteiger partial charge is 0.223 e. The highest BCUT2D eigenvalue weighted by Gasteiger charge is 2.36. The Bertz CT molecular complexity index is 651. The highest BCUT2D eigenvalue weighted by atomic mass is 16.3. The molecule has 1 amide bonds. The van der Waals surface area contributed by atoms with E-state index in [9.17, 15) is 20.1 Å². The Morgan fingerprint density at radius 2 is 1.38 bits per heavy atom. The van der Waals surface area contributed by atoms with Crippen LogP contribution in [0, 0.1) is 0 Å². The van der Waals surface area contributed by atoms with Crippen LogP contribution in [-0.2, 0) is 22.0 Å². The molecule has 0 spiro atoms. The number of hydrogen-bond donors (Lipinski definition) is 3. The maximum absolute atomic E-state index is 13.0. The van der Waals surface area contributed by atoms with Crippen molar-refractivity contribution in [2.75, 3.05) is 19.8 Å². The van der Waals surface area contributed by atoms with E-state index < -0.39 is 5.54 Å². The molecule has 0 aliphatic heterocycles. The van der Waals surface area contributed by atoms with E-state index in [0.29, 0.717) is 25.1 Å². The molecule has 0 bridgehead atoms. The fourth-order valence-electron chi connectivity index (χ4n) is 3.78. The van der Waals surface area contributed by atoms with Gasteiger partial charge in [0.25, 0.3) is 0 Å². The Morgan fingerprint density at radius 3 is 1.69 bits per heavy atom. The first-order valence-corrected chi connectivity index (χ1v) is 10.7. The van der Waals surface area contributed by atoms with Crippen molar-refractivity contribution in [1.82, 2.24) is 4.90 Å². The van der Waals surface area contributed by atoms with Crippen molar-refractivity contribution in [3.05, 3.63) is 28.8 Å². The van der Waals surface area contributed by atoms with Crippen LogP contribution < -0.4 is 0 Å². The van der Waals surface area contributed by atoms with Gasteiger partial charge < -0.3 is 20.2 Å². The molecule has 166 valence electrons. The third-order valence-electron chi connectivity index (χ3n) is 5.85. The number of phenolic OH excluding ortho intramolecular Hbond substituents is 1. The summed E-state index contributed by atoms with van der Waals surface area (Å²) < 4.78 is 0. The summed E-state index contributed by atoms with van der Waals surface area (Å²) in [6.45, 7) is 16.1. The zero-order chi connectivity index (χ0) is 22.6. The maximum atomic E-state index is 13.0. The first-order valence-electron chi connectivity index (χ1n) is 10.7. The maximum Gasteiger partial charge on any atom is 0.223 e. The highest BCUT2D eigenvalue weighted by Crippen LogP contribution is 2.40. The number of aryl methyl sites for hydroxylation is 1. The third-order valence-corrected chi connectivity index (χ3v) is 5.85. The Labute approximate surface area is 176 Å². The Kier molecular flexibility index (Phi) is 8.32. The fourth-order valence-corrected chi connectivity index (χ4v) is 3.78. The van der Waals surface area contributed by atoms with E-state index in [4.69, 9.17) is 0 Å². The molecule has 0 unspecified atom stereocenters. The summed E-state index contributed by atoms with van der Waals surface area (Å²) in [6, 6.07) is 4.00. The Balaban J connectivity index is 3.23. The summed E-state index contributed by atoms with van der Waals surface area (Å²) in [5.41, 5.74) is 1.42. The van der Waals surface area contributed by atoms with Crippen LogP contribution in [0.3, 0.4) is 0 Å². The number of aromatic hydroxyl groups is 1.